The molecular formula is C16H27N3O. The maximum Gasteiger partial charge on any atom is 0.0868 e. The fraction of sp³-hybridized carbons (Fsp3) is 0.625. The summed E-state index contributed by atoms with van der Waals surface area (Å²) in [6, 6.07) is 11.3. The molecule has 3 N–H and O–H groups in total. The van der Waals surface area contributed by atoms with Gasteiger partial charge in [0.05, 0.1) is 12.7 Å². The van der Waals surface area contributed by atoms with Crippen molar-refractivity contribution in [2.75, 3.05) is 19.7 Å². The normalized spacial score (nSPS) is 22.1. The van der Waals surface area contributed by atoms with Crippen molar-refractivity contribution in [1.82, 2.24) is 10.3 Å². The number of rotatable bonds is 6. The molecule has 112 valence electrons. The summed E-state index contributed by atoms with van der Waals surface area (Å²) in [7, 11) is 0. The Labute approximate surface area is 122 Å². The molecule has 0 aromatic heterocycles. The van der Waals surface area contributed by atoms with E-state index in [-0.39, 0.29) is 12.1 Å². The molecule has 1 saturated heterocycles. The summed E-state index contributed by atoms with van der Waals surface area (Å²) >= 11 is 0. The minimum atomic E-state index is 0.180. The highest BCUT2D eigenvalue weighted by molar-refractivity contribution is 5.14. The third-order valence-corrected chi connectivity index (χ3v) is 4.10. The van der Waals surface area contributed by atoms with Gasteiger partial charge in [0, 0.05) is 25.2 Å². The number of hydrazine groups is 1. The molecule has 0 bridgehead atoms. The van der Waals surface area contributed by atoms with Crippen LogP contribution in [0.4, 0.5) is 0 Å². The number of ether oxygens (including phenoxy) is 1. The van der Waals surface area contributed by atoms with Gasteiger partial charge in [-0.1, -0.05) is 30.3 Å². The average molecular weight is 277 g/mol. The molecule has 1 heterocycles. The van der Waals surface area contributed by atoms with E-state index >= 15 is 0 Å². The Morgan fingerprint density at radius 1 is 1.35 bits per heavy atom. The molecular weight excluding hydrogens is 250 g/mol. The lowest BCUT2D eigenvalue weighted by atomic mass is 10.00. The molecule has 0 spiro atoms. The Hall–Kier alpha value is -0.940. The SMILES string of the molecule is CC(C)N1CCOC(C(CCc2ccccc2)NN)C1. The van der Waals surface area contributed by atoms with Gasteiger partial charge >= 0.3 is 0 Å². The van der Waals surface area contributed by atoms with Crippen molar-refractivity contribution < 1.29 is 4.74 Å². The summed E-state index contributed by atoms with van der Waals surface area (Å²) in [5, 5.41) is 0. The van der Waals surface area contributed by atoms with Gasteiger partial charge in [-0.3, -0.25) is 16.2 Å². The Kier molecular flexibility index (Phi) is 5.98. The van der Waals surface area contributed by atoms with E-state index in [1.165, 1.54) is 5.56 Å². The van der Waals surface area contributed by atoms with Gasteiger partial charge in [-0.25, -0.2) is 0 Å². The van der Waals surface area contributed by atoms with E-state index in [2.05, 4.69) is 48.4 Å². The van der Waals surface area contributed by atoms with Crippen LogP contribution in [0, 0.1) is 0 Å². The molecule has 1 aromatic rings. The van der Waals surface area contributed by atoms with Gasteiger partial charge in [-0.15, -0.1) is 0 Å². The van der Waals surface area contributed by atoms with Gasteiger partial charge in [-0.2, -0.15) is 0 Å². The number of nitrogens with two attached hydrogens (primary N) is 1. The van der Waals surface area contributed by atoms with E-state index in [1.807, 2.05) is 6.07 Å². The van der Waals surface area contributed by atoms with E-state index in [4.69, 9.17) is 10.6 Å². The minimum Gasteiger partial charge on any atom is -0.374 e. The largest absolute Gasteiger partial charge is 0.374 e. The van der Waals surface area contributed by atoms with Gasteiger partial charge in [0.15, 0.2) is 0 Å². The van der Waals surface area contributed by atoms with Gasteiger partial charge in [0.1, 0.15) is 0 Å². The fourth-order valence-electron chi connectivity index (χ4n) is 2.75. The zero-order valence-electron chi connectivity index (χ0n) is 12.6. The average Bonchev–Trinajstić information content (AvgIpc) is 2.49. The predicted octanol–water partition coefficient (Wildman–Crippen LogP) is 1.56. The Balaban J connectivity index is 1.87. The summed E-state index contributed by atoms with van der Waals surface area (Å²) in [6.45, 7) is 7.24. The summed E-state index contributed by atoms with van der Waals surface area (Å²) in [5.74, 6) is 5.74. The van der Waals surface area contributed by atoms with Crippen LogP contribution in [0.2, 0.25) is 0 Å². The van der Waals surface area contributed by atoms with Crippen LogP contribution < -0.4 is 11.3 Å². The third-order valence-electron chi connectivity index (χ3n) is 4.10. The number of morpholine rings is 1. The number of nitrogens with one attached hydrogen (secondary N) is 1. The lowest BCUT2D eigenvalue weighted by Crippen LogP contribution is -2.55. The third kappa shape index (κ3) is 4.28. The van der Waals surface area contributed by atoms with E-state index in [0.717, 1.165) is 32.5 Å². The minimum absolute atomic E-state index is 0.180. The topological polar surface area (TPSA) is 50.5 Å². The van der Waals surface area contributed by atoms with Crippen LogP contribution in [0.5, 0.6) is 0 Å². The van der Waals surface area contributed by atoms with Crippen molar-refractivity contribution in [3.63, 3.8) is 0 Å². The van der Waals surface area contributed by atoms with Crippen molar-refractivity contribution in [3.05, 3.63) is 35.9 Å². The van der Waals surface area contributed by atoms with Crippen LogP contribution in [0.3, 0.4) is 0 Å². The molecule has 1 aliphatic rings. The van der Waals surface area contributed by atoms with Crippen molar-refractivity contribution in [2.45, 2.75) is 44.9 Å². The maximum atomic E-state index is 5.92. The molecule has 0 saturated carbocycles. The molecule has 0 amide bonds. The molecule has 1 aliphatic heterocycles. The molecule has 2 rings (SSSR count). The standard InChI is InChI=1S/C16H27N3O/c1-13(2)19-10-11-20-16(12-19)15(18-17)9-8-14-6-4-3-5-7-14/h3-7,13,15-16,18H,8-12,17H2,1-2H3. The smallest absolute Gasteiger partial charge is 0.0868 e. The first-order chi connectivity index (χ1) is 9.70. The number of hydrogen-bond acceptors (Lipinski definition) is 4. The fourth-order valence-corrected chi connectivity index (χ4v) is 2.75. The molecule has 4 nitrogen and oxygen atoms in total. The number of nitrogens with zero attached hydrogens (tertiary/aromatic N) is 1. The highest BCUT2D eigenvalue weighted by Gasteiger charge is 2.28. The van der Waals surface area contributed by atoms with E-state index < -0.39 is 0 Å². The lowest BCUT2D eigenvalue weighted by molar-refractivity contribution is -0.0565. The molecule has 0 aliphatic carbocycles. The van der Waals surface area contributed by atoms with Crippen LogP contribution in [-0.2, 0) is 11.2 Å². The Morgan fingerprint density at radius 3 is 2.75 bits per heavy atom. The Bertz CT molecular complexity index is 383. The van der Waals surface area contributed by atoms with Crippen LogP contribution in [0.25, 0.3) is 0 Å². The maximum absolute atomic E-state index is 5.92. The van der Waals surface area contributed by atoms with Crippen molar-refractivity contribution in [3.8, 4) is 0 Å². The van der Waals surface area contributed by atoms with Gasteiger partial charge in [0.2, 0.25) is 0 Å². The molecule has 2 atom stereocenters. The second-order valence-electron chi connectivity index (χ2n) is 5.80. The first-order valence-electron chi connectivity index (χ1n) is 7.56. The molecule has 1 aromatic carbocycles. The second kappa shape index (κ2) is 7.74. The summed E-state index contributed by atoms with van der Waals surface area (Å²) in [5.41, 5.74) is 4.30. The molecule has 1 fully saturated rings. The first-order valence-corrected chi connectivity index (χ1v) is 7.56. The zero-order chi connectivity index (χ0) is 14.4. The highest BCUT2D eigenvalue weighted by atomic mass is 16.5. The molecule has 4 heteroatoms. The summed E-state index contributed by atoms with van der Waals surface area (Å²) < 4.78 is 5.92. The van der Waals surface area contributed by atoms with Gasteiger partial charge in [0.25, 0.3) is 0 Å². The van der Waals surface area contributed by atoms with Crippen molar-refractivity contribution >= 4 is 0 Å². The second-order valence-corrected chi connectivity index (χ2v) is 5.80. The number of benzene rings is 1. The predicted molar refractivity (Wildman–Crippen MR) is 82.3 cm³/mol. The quantitative estimate of drug-likeness (QED) is 0.612. The monoisotopic (exact) mass is 277 g/mol. The number of aryl methyl sites for hydroxylation is 1. The van der Waals surface area contributed by atoms with E-state index in [9.17, 15) is 0 Å². The Morgan fingerprint density at radius 2 is 2.10 bits per heavy atom. The van der Waals surface area contributed by atoms with Crippen molar-refractivity contribution in [1.29, 1.82) is 0 Å². The zero-order valence-corrected chi connectivity index (χ0v) is 12.6. The van der Waals surface area contributed by atoms with Crippen LogP contribution in [-0.4, -0.2) is 42.8 Å². The van der Waals surface area contributed by atoms with Crippen molar-refractivity contribution in [2.24, 2.45) is 5.84 Å². The van der Waals surface area contributed by atoms with Crippen LogP contribution in [0.15, 0.2) is 30.3 Å². The molecule has 20 heavy (non-hydrogen) atoms. The lowest BCUT2D eigenvalue weighted by Gasteiger charge is -2.38. The highest BCUT2D eigenvalue weighted by Crippen LogP contribution is 2.15. The molecule has 2 unspecified atom stereocenters. The summed E-state index contributed by atoms with van der Waals surface area (Å²) in [4.78, 5) is 2.46. The van der Waals surface area contributed by atoms with Crippen LogP contribution in [0.1, 0.15) is 25.8 Å². The van der Waals surface area contributed by atoms with E-state index in [1.54, 1.807) is 0 Å². The summed E-state index contributed by atoms with van der Waals surface area (Å²) in [6.07, 6.45) is 2.20. The molecule has 0 radical (unpaired) electrons. The van der Waals surface area contributed by atoms with Gasteiger partial charge in [-0.05, 0) is 32.3 Å². The van der Waals surface area contributed by atoms with Gasteiger partial charge < -0.3 is 4.74 Å². The van der Waals surface area contributed by atoms with Crippen LogP contribution >= 0.6 is 0 Å². The number of hydrogen-bond donors (Lipinski definition) is 2. The first kappa shape index (κ1) is 15.4. The van der Waals surface area contributed by atoms with E-state index in [0.29, 0.717) is 6.04 Å².